The zero-order valence-corrected chi connectivity index (χ0v) is 19.7. The molecule has 0 bridgehead atoms. The first-order valence-corrected chi connectivity index (χ1v) is 11.3. The molecule has 6 heteroatoms. The monoisotopic (exact) mass is 417 g/mol. The van der Waals surface area contributed by atoms with E-state index in [1.807, 2.05) is 23.2 Å². The Kier molecular flexibility index (Phi) is 6.10. The number of piperazine rings is 1. The van der Waals surface area contributed by atoms with E-state index in [0.717, 1.165) is 47.8 Å². The summed E-state index contributed by atoms with van der Waals surface area (Å²) in [6.07, 6.45) is 1.99. The Morgan fingerprint density at radius 3 is 1.97 bits per heavy atom. The zero-order chi connectivity index (χ0) is 21.6. The van der Waals surface area contributed by atoms with Crippen molar-refractivity contribution in [2.45, 2.75) is 52.4 Å². The van der Waals surface area contributed by atoms with Crippen molar-refractivity contribution in [3.8, 4) is 5.75 Å². The highest BCUT2D eigenvalue weighted by Gasteiger charge is 2.33. The minimum Gasteiger partial charge on any atom is -0.507 e. The van der Waals surface area contributed by atoms with Crippen LogP contribution in [0.1, 0.15) is 58.2 Å². The molecule has 2 heterocycles. The van der Waals surface area contributed by atoms with Crippen molar-refractivity contribution < 1.29 is 9.90 Å². The molecule has 0 radical (unpaired) electrons. The van der Waals surface area contributed by atoms with Crippen molar-refractivity contribution in [2.75, 3.05) is 39.1 Å². The number of hydrogen-bond donors (Lipinski definition) is 1. The van der Waals surface area contributed by atoms with Crippen molar-refractivity contribution in [3.63, 3.8) is 0 Å². The Bertz CT molecular complexity index is 777. The zero-order valence-electron chi connectivity index (χ0n) is 18.9. The van der Waals surface area contributed by atoms with Crippen molar-refractivity contribution in [2.24, 2.45) is 0 Å². The normalized spacial score (nSPS) is 21.4. The third-order valence-corrected chi connectivity index (χ3v) is 6.63. The Labute approximate surface area is 179 Å². The maximum atomic E-state index is 13.1. The van der Waals surface area contributed by atoms with E-state index in [0.29, 0.717) is 11.6 Å². The highest BCUT2D eigenvalue weighted by atomic mass is 32.2. The van der Waals surface area contributed by atoms with E-state index in [9.17, 15) is 9.90 Å². The summed E-state index contributed by atoms with van der Waals surface area (Å²) in [5.41, 5.74) is 2.45. The van der Waals surface area contributed by atoms with E-state index >= 15 is 0 Å². The molecule has 1 aromatic rings. The number of hydrazine groups is 1. The van der Waals surface area contributed by atoms with Gasteiger partial charge < -0.3 is 10.0 Å². The van der Waals surface area contributed by atoms with Crippen LogP contribution in [0.4, 0.5) is 0 Å². The number of nitrogens with zero attached hydrogens (tertiary/aromatic N) is 3. The van der Waals surface area contributed by atoms with Gasteiger partial charge in [-0.2, -0.15) is 0 Å². The molecule has 1 aromatic carbocycles. The molecule has 1 amide bonds. The first-order valence-electron chi connectivity index (χ1n) is 10.4. The molecule has 3 rings (SSSR count). The number of carbonyl (C=O) groups excluding carboxylic acids is 1. The fraction of sp³-hybridized carbons (Fsp3) is 0.609. The van der Waals surface area contributed by atoms with E-state index in [1.54, 1.807) is 11.8 Å². The second-order valence-electron chi connectivity index (χ2n) is 10.2. The van der Waals surface area contributed by atoms with Gasteiger partial charge >= 0.3 is 0 Å². The molecule has 5 nitrogen and oxygen atoms in total. The Morgan fingerprint density at radius 2 is 1.48 bits per heavy atom. The molecule has 0 spiro atoms. The molecule has 1 N–H and O–H groups in total. The van der Waals surface area contributed by atoms with Crippen molar-refractivity contribution in [1.82, 2.24) is 14.9 Å². The molecule has 2 fully saturated rings. The number of rotatable bonds is 2. The third kappa shape index (κ3) is 4.81. The standard InChI is InChI=1S/C23H35N3O2S/c1-22(2,3)17-12-16(13-18(20(17)27)23(4,5)6)14-19-21(28)26(15-29-19)25-10-8-24(7)9-11-25/h12-14,27H,8-11,15H2,1-7H3/b19-14-. The predicted octanol–water partition coefficient (Wildman–Crippen LogP) is 4.02. The number of thioether (sulfide) groups is 1. The van der Waals surface area contributed by atoms with Gasteiger partial charge in [-0.05, 0) is 41.6 Å². The lowest BCUT2D eigenvalue weighted by molar-refractivity contribution is -0.142. The molecule has 0 unspecified atom stereocenters. The van der Waals surface area contributed by atoms with Gasteiger partial charge in [-0.15, -0.1) is 0 Å². The minimum atomic E-state index is -0.183. The molecule has 0 saturated carbocycles. The fourth-order valence-corrected chi connectivity index (χ4v) is 4.75. The molecular formula is C23H35N3O2S. The average Bonchev–Trinajstić information content (AvgIpc) is 2.96. The number of carbonyl (C=O) groups is 1. The van der Waals surface area contributed by atoms with E-state index in [2.05, 4.69) is 58.5 Å². The fourth-order valence-electron chi connectivity index (χ4n) is 3.76. The van der Waals surface area contributed by atoms with E-state index in [-0.39, 0.29) is 16.7 Å². The number of phenols is 1. The maximum Gasteiger partial charge on any atom is 0.275 e. The predicted molar refractivity (Wildman–Crippen MR) is 122 cm³/mol. The van der Waals surface area contributed by atoms with Crippen LogP contribution in [0.2, 0.25) is 0 Å². The van der Waals surface area contributed by atoms with Crippen molar-refractivity contribution >= 4 is 23.7 Å². The van der Waals surface area contributed by atoms with Gasteiger partial charge in [-0.25, -0.2) is 5.01 Å². The SMILES string of the molecule is CN1CCN(N2CS/C(=C\c3cc(C(C)(C)C)c(O)c(C(C)(C)C)c3)C2=O)CC1. The third-order valence-electron chi connectivity index (χ3n) is 5.65. The van der Waals surface area contributed by atoms with Gasteiger partial charge in [0.1, 0.15) is 5.75 Å². The number of phenolic OH excluding ortho intramolecular Hbond substituents is 1. The Balaban J connectivity index is 1.93. The van der Waals surface area contributed by atoms with Gasteiger partial charge in [0.05, 0.1) is 10.8 Å². The van der Waals surface area contributed by atoms with Gasteiger partial charge in [-0.1, -0.05) is 53.3 Å². The smallest absolute Gasteiger partial charge is 0.275 e. The van der Waals surface area contributed by atoms with Gasteiger partial charge in [0.2, 0.25) is 0 Å². The van der Waals surface area contributed by atoms with Crippen LogP contribution in [0.15, 0.2) is 17.0 Å². The van der Waals surface area contributed by atoms with E-state index < -0.39 is 0 Å². The van der Waals surface area contributed by atoms with Gasteiger partial charge in [0, 0.05) is 37.3 Å². The van der Waals surface area contributed by atoms with Crippen LogP contribution in [-0.2, 0) is 15.6 Å². The minimum absolute atomic E-state index is 0.0854. The number of aromatic hydroxyl groups is 1. The summed E-state index contributed by atoms with van der Waals surface area (Å²) in [6.45, 7) is 16.4. The molecule has 2 aliphatic heterocycles. The second kappa shape index (κ2) is 7.97. The molecule has 2 saturated heterocycles. The summed E-state index contributed by atoms with van der Waals surface area (Å²) >= 11 is 1.60. The van der Waals surface area contributed by atoms with Gasteiger partial charge in [0.25, 0.3) is 5.91 Å². The molecule has 2 aliphatic rings. The molecule has 160 valence electrons. The van der Waals surface area contributed by atoms with Crippen LogP contribution in [0.25, 0.3) is 6.08 Å². The molecule has 0 aromatic heterocycles. The lowest BCUT2D eigenvalue weighted by atomic mass is 9.78. The molecular weight excluding hydrogens is 382 g/mol. The Hall–Kier alpha value is -1.50. The molecule has 0 atom stereocenters. The number of benzene rings is 1. The van der Waals surface area contributed by atoms with Crippen molar-refractivity contribution in [1.29, 1.82) is 0 Å². The van der Waals surface area contributed by atoms with Crippen LogP contribution in [0.3, 0.4) is 0 Å². The van der Waals surface area contributed by atoms with E-state index in [1.165, 1.54) is 0 Å². The summed E-state index contributed by atoms with van der Waals surface area (Å²) in [5, 5.41) is 15.0. The highest BCUT2D eigenvalue weighted by Crippen LogP contribution is 2.41. The van der Waals surface area contributed by atoms with Crippen LogP contribution in [0.5, 0.6) is 5.75 Å². The van der Waals surface area contributed by atoms with E-state index in [4.69, 9.17) is 0 Å². The summed E-state index contributed by atoms with van der Waals surface area (Å²) in [7, 11) is 2.12. The summed E-state index contributed by atoms with van der Waals surface area (Å²) < 4.78 is 0. The lowest BCUT2D eigenvalue weighted by Gasteiger charge is -2.37. The molecule has 0 aliphatic carbocycles. The first-order chi connectivity index (χ1) is 13.4. The van der Waals surface area contributed by atoms with Gasteiger partial charge in [-0.3, -0.25) is 9.80 Å². The van der Waals surface area contributed by atoms with Crippen molar-refractivity contribution in [3.05, 3.63) is 33.7 Å². The average molecular weight is 418 g/mol. The first kappa shape index (κ1) is 22.2. The number of amides is 1. The summed E-state index contributed by atoms with van der Waals surface area (Å²) in [5.74, 6) is 1.13. The number of likely N-dealkylation sites (N-methyl/N-ethyl adjacent to an activating group) is 1. The largest absolute Gasteiger partial charge is 0.507 e. The van der Waals surface area contributed by atoms with Crippen LogP contribution in [-0.4, -0.2) is 65.0 Å². The topological polar surface area (TPSA) is 47.0 Å². The summed E-state index contributed by atoms with van der Waals surface area (Å²) in [6, 6.07) is 4.06. The van der Waals surface area contributed by atoms with Gasteiger partial charge in [0.15, 0.2) is 0 Å². The van der Waals surface area contributed by atoms with Crippen LogP contribution in [0, 0.1) is 0 Å². The Morgan fingerprint density at radius 1 is 0.966 bits per heavy atom. The number of hydrogen-bond acceptors (Lipinski definition) is 5. The second-order valence-corrected chi connectivity index (χ2v) is 11.2. The van der Waals surface area contributed by atoms with Crippen LogP contribution >= 0.6 is 11.8 Å². The maximum absolute atomic E-state index is 13.1. The quantitative estimate of drug-likeness (QED) is 0.737. The highest BCUT2D eigenvalue weighted by molar-refractivity contribution is 8.04. The molecule has 29 heavy (non-hydrogen) atoms. The van der Waals surface area contributed by atoms with Crippen LogP contribution < -0.4 is 0 Å². The summed E-state index contributed by atoms with van der Waals surface area (Å²) in [4.78, 5) is 16.1. The lowest BCUT2D eigenvalue weighted by Crippen LogP contribution is -2.53.